The van der Waals surface area contributed by atoms with Crippen LogP contribution in [-0.2, 0) is 17.6 Å². The Hall–Kier alpha value is -2.22. The molecule has 4 rings (SSSR count). The van der Waals surface area contributed by atoms with Crippen molar-refractivity contribution in [1.82, 2.24) is 20.2 Å². The molecule has 3 heterocycles. The highest BCUT2D eigenvalue weighted by atomic mass is 16.5. The van der Waals surface area contributed by atoms with Crippen LogP contribution in [0.2, 0.25) is 0 Å². The molecule has 0 aromatic carbocycles. The number of nitrogens with zero attached hydrogens (tertiary/aromatic N) is 4. The molecule has 1 aliphatic carbocycles. The van der Waals surface area contributed by atoms with Crippen LogP contribution in [0.3, 0.4) is 0 Å². The summed E-state index contributed by atoms with van der Waals surface area (Å²) < 4.78 is 16.4. The first kappa shape index (κ1) is 15.3. The number of aryl methyl sites for hydroxylation is 2. The van der Waals surface area contributed by atoms with Crippen molar-refractivity contribution in [3.63, 3.8) is 0 Å². The fourth-order valence-corrected chi connectivity index (χ4v) is 3.50. The molecule has 8 heteroatoms. The Kier molecular flexibility index (Phi) is 3.84. The molecule has 2 aliphatic rings. The first-order chi connectivity index (χ1) is 11.6. The number of aromatic nitrogens is 3. The zero-order valence-corrected chi connectivity index (χ0v) is 13.8. The summed E-state index contributed by atoms with van der Waals surface area (Å²) in [5, 5.41) is 7.90. The highest BCUT2D eigenvalue weighted by Gasteiger charge is 2.40. The van der Waals surface area contributed by atoms with Gasteiger partial charge in [0.2, 0.25) is 0 Å². The third-order valence-corrected chi connectivity index (χ3v) is 4.70. The Morgan fingerprint density at radius 3 is 2.83 bits per heavy atom. The Bertz CT molecular complexity index is 753. The lowest BCUT2D eigenvalue weighted by molar-refractivity contribution is -0.0603. The third kappa shape index (κ3) is 2.50. The number of morpholine rings is 1. The predicted octanol–water partition coefficient (Wildman–Crippen LogP) is 1.85. The summed E-state index contributed by atoms with van der Waals surface area (Å²) in [5.41, 5.74) is 1.37. The number of ether oxygens (including phenoxy) is 1. The van der Waals surface area contributed by atoms with Gasteiger partial charge in [-0.05, 0) is 33.1 Å². The van der Waals surface area contributed by atoms with Crippen LogP contribution in [0.15, 0.2) is 9.05 Å². The first-order valence-electron chi connectivity index (χ1n) is 8.35. The lowest BCUT2D eigenvalue weighted by Gasteiger charge is -2.37. The van der Waals surface area contributed by atoms with Crippen molar-refractivity contribution in [2.45, 2.75) is 51.7 Å². The Morgan fingerprint density at radius 2 is 2.04 bits per heavy atom. The molecule has 0 N–H and O–H groups in total. The van der Waals surface area contributed by atoms with Gasteiger partial charge >= 0.3 is 0 Å². The average Bonchev–Trinajstić information content (AvgIpc) is 3.20. The zero-order valence-electron chi connectivity index (χ0n) is 13.8. The molecule has 1 fully saturated rings. The van der Waals surface area contributed by atoms with Gasteiger partial charge in [-0.3, -0.25) is 4.79 Å². The van der Waals surface area contributed by atoms with Crippen molar-refractivity contribution >= 4 is 5.91 Å². The van der Waals surface area contributed by atoms with Crippen LogP contribution >= 0.6 is 0 Å². The number of fused-ring (bicyclic) bond motifs is 1. The zero-order chi connectivity index (χ0) is 16.7. The van der Waals surface area contributed by atoms with Crippen LogP contribution in [0.25, 0.3) is 0 Å². The van der Waals surface area contributed by atoms with E-state index >= 15 is 0 Å². The number of carbonyl (C=O) groups excluding carboxylic acids is 1. The van der Waals surface area contributed by atoms with E-state index in [0.717, 1.165) is 37.0 Å². The van der Waals surface area contributed by atoms with Crippen molar-refractivity contribution in [2.24, 2.45) is 0 Å². The lowest BCUT2D eigenvalue weighted by atomic mass is 9.95. The molecule has 1 amide bonds. The average molecular weight is 332 g/mol. The highest BCUT2D eigenvalue weighted by Crippen LogP contribution is 2.32. The number of rotatable bonds is 2. The van der Waals surface area contributed by atoms with Crippen molar-refractivity contribution in [2.75, 3.05) is 13.2 Å². The molecule has 1 saturated heterocycles. The smallest absolute Gasteiger partial charge is 0.277 e. The van der Waals surface area contributed by atoms with Gasteiger partial charge in [-0.25, -0.2) is 0 Å². The van der Waals surface area contributed by atoms with E-state index < -0.39 is 6.04 Å². The van der Waals surface area contributed by atoms with E-state index in [9.17, 15) is 4.79 Å². The van der Waals surface area contributed by atoms with Gasteiger partial charge < -0.3 is 18.7 Å². The summed E-state index contributed by atoms with van der Waals surface area (Å²) in [4.78, 5) is 19.1. The van der Waals surface area contributed by atoms with Crippen molar-refractivity contribution in [3.05, 3.63) is 28.7 Å². The third-order valence-electron chi connectivity index (χ3n) is 4.70. The topological polar surface area (TPSA) is 94.5 Å². The minimum absolute atomic E-state index is 0.155. The van der Waals surface area contributed by atoms with Crippen LogP contribution in [0.5, 0.6) is 0 Å². The molecule has 0 bridgehead atoms. The molecule has 0 saturated carbocycles. The fourth-order valence-electron chi connectivity index (χ4n) is 3.50. The summed E-state index contributed by atoms with van der Waals surface area (Å²) in [6.45, 7) is 4.58. The summed E-state index contributed by atoms with van der Waals surface area (Å²) in [6, 6.07) is -0.414. The molecule has 24 heavy (non-hydrogen) atoms. The van der Waals surface area contributed by atoms with Gasteiger partial charge in [0, 0.05) is 18.5 Å². The Morgan fingerprint density at radius 1 is 1.21 bits per heavy atom. The van der Waals surface area contributed by atoms with Crippen LogP contribution < -0.4 is 0 Å². The summed E-state index contributed by atoms with van der Waals surface area (Å²) in [7, 11) is 0. The second-order valence-corrected chi connectivity index (χ2v) is 6.34. The minimum Gasteiger partial charge on any atom is -0.374 e. The monoisotopic (exact) mass is 332 g/mol. The van der Waals surface area contributed by atoms with Gasteiger partial charge in [0.25, 0.3) is 11.8 Å². The number of amides is 1. The van der Waals surface area contributed by atoms with E-state index in [-0.39, 0.29) is 12.0 Å². The summed E-state index contributed by atoms with van der Waals surface area (Å²) in [5.74, 6) is 1.62. The van der Waals surface area contributed by atoms with Gasteiger partial charge in [-0.2, -0.15) is 4.98 Å². The molecular weight excluding hydrogens is 312 g/mol. The highest BCUT2D eigenvalue weighted by molar-refractivity contribution is 5.94. The van der Waals surface area contributed by atoms with E-state index in [0.29, 0.717) is 30.6 Å². The largest absolute Gasteiger partial charge is 0.374 e. The molecule has 2 aromatic rings. The van der Waals surface area contributed by atoms with E-state index in [1.54, 1.807) is 11.8 Å². The number of carbonyl (C=O) groups is 1. The normalized spacial score (nSPS) is 24.0. The first-order valence-corrected chi connectivity index (χ1v) is 8.35. The van der Waals surface area contributed by atoms with Crippen LogP contribution in [0.1, 0.15) is 59.3 Å². The van der Waals surface area contributed by atoms with E-state index in [2.05, 4.69) is 15.3 Å². The van der Waals surface area contributed by atoms with Crippen LogP contribution in [0, 0.1) is 6.92 Å². The quantitative estimate of drug-likeness (QED) is 0.828. The summed E-state index contributed by atoms with van der Waals surface area (Å²) >= 11 is 0. The fraction of sp³-hybridized carbons (Fsp3) is 0.625. The van der Waals surface area contributed by atoms with Gasteiger partial charge in [-0.15, -0.1) is 0 Å². The Labute approximate surface area is 139 Å². The maximum absolute atomic E-state index is 13.1. The van der Waals surface area contributed by atoms with Gasteiger partial charge in [0.05, 0.1) is 12.7 Å². The van der Waals surface area contributed by atoms with Gasteiger partial charge in [0.1, 0.15) is 11.8 Å². The molecule has 0 spiro atoms. The maximum atomic E-state index is 13.1. The van der Waals surface area contributed by atoms with E-state index in [1.165, 1.54) is 0 Å². The van der Waals surface area contributed by atoms with Crippen molar-refractivity contribution < 1.29 is 18.6 Å². The minimum atomic E-state index is -0.414. The predicted molar refractivity (Wildman–Crippen MR) is 81.4 cm³/mol. The SMILES string of the molecule is Cc1noc([C@@H]2[C@@H](C)OCCN2C(=O)c2noc3c2CCCC3)n1. The van der Waals surface area contributed by atoms with Crippen molar-refractivity contribution in [3.8, 4) is 0 Å². The second-order valence-electron chi connectivity index (χ2n) is 6.34. The molecule has 0 unspecified atom stereocenters. The second kappa shape index (κ2) is 6.01. The molecule has 2 aromatic heterocycles. The van der Waals surface area contributed by atoms with E-state index in [4.69, 9.17) is 13.8 Å². The summed E-state index contributed by atoms with van der Waals surface area (Å²) in [6.07, 6.45) is 3.59. The molecule has 2 atom stereocenters. The number of hydrogen-bond donors (Lipinski definition) is 0. The van der Waals surface area contributed by atoms with Crippen LogP contribution in [-0.4, -0.2) is 45.4 Å². The van der Waals surface area contributed by atoms with E-state index in [1.807, 2.05) is 6.92 Å². The van der Waals surface area contributed by atoms with Crippen molar-refractivity contribution in [1.29, 1.82) is 0 Å². The molecule has 0 radical (unpaired) electrons. The lowest BCUT2D eigenvalue weighted by Crippen LogP contribution is -2.47. The maximum Gasteiger partial charge on any atom is 0.277 e. The Balaban J connectivity index is 1.67. The van der Waals surface area contributed by atoms with Gasteiger partial charge in [-0.1, -0.05) is 10.3 Å². The molecule has 128 valence electrons. The molecule has 1 aliphatic heterocycles. The standard InChI is InChI=1S/C16H20N4O4/c1-9-14(15-17-10(2)18-24-15)20(7-8-22-9)16(21)13-11-5-3-4-6-12(11)23-19-13/h9,14H,3-8H2,1-2H3/t9-,14+/m1/s1. The number of hydrogen-bond acceptors (Lipinski definition) is 7. The molecular formula is C16H20N4O4. The van der Waals surface area contributed by atoms with Gasteiger partial charge in [0.15, 0.2) is 11.5 Å². The molecule has 8 nitrogen and oxygen atoms in total. The van der Waals surface area contributed by atoms with Crippen LogP contribution in [0.4, 0.5) is 0 Å².